The van der Waals surface area contributed by atoms with Gasteiger partial charge >= 0.3 is 0 Å². The summed E-state index contributed by atoms with van der Waals surface area (Å²) in [5.74, 6) is 1.23. The van der Waals surface area contributed by atoms with Crippen LogP contribution in [0.5, 0.6) is 0 Å². The van der Waals surface area contributed by atoms with Crippen LogP contribution in [0.2, 0.25) is 0 Å². The minimum absolute atomic E-state index is 0.0912. The van der Waals surface area contributed by atoms with Crippen molar-refractivity contribution in [3.63, 3.8) is 0 Å². The van der Waals surface area contributed by atoms with E-state index in [1.807, 2.05) is 0 Å². The Morgan fingerprint density at radius 1 is 1.17 bits per heavy atom. The van der Waals surface area contributed by atoms with Gasteiger partial charge in [0.1, 0.15) is 5.84 Å². The molecule has 2 aliphatic heterocycles. The summed E-state index contributed by atoms with van der Waals surface area (Å²) in [6.07, 6.45) is 8.89. The van der Waals surface area contributed by atoms with E-state index in [9.17, 15) is 0 Å². The van der Waals surface area contributed by atoms with E-state index < -0.39 is 0 Å². The number of ether oxygens (including phenoxy) is 1. The second-order valence-corrected chi connectivity index (χ2v) is 5.83. The molecule has 2 N–H and O–H groups in total. The number of rotatable bonds is 1. The summed E-state index contributed by atoms with van der Waals surface area (Å²) in [5, 5.41) is 7.45. The number of hydrogen-bond acceptors (Lipinski definition) is 4. The topological polar surface area (TPSA) is 45.7 Å². The fourth-order valence-corrected chi connectivity index (χ4v) is 3.46. The normalized spacial score (nSPS) is 29.0. The van der Waals surface area contributed by atoms with E-state index in [2.05, 4.69) is 10.6 Å². The maximum absolute atomic E-state index is 5.51. The molecule has 0 amide bonds. The molecule has 0 atom stereocenters. The van der Waals surface area contributed by atoms with Gasteiger partial charge < -0.3 is 15.4 Å². The van der Waals surface area contributed by atoms with Crippen molar-refractivity contribution in [1.29, 1.82) is 0 Å². The molecule has 4 heteroatoms. The Morgan fingerprint density at radius 3 is 2.72 bits per heavy atom. The Morgan fingerprint density at radius 2 is 1.94 bits per heavy atom. The Hall–Kier alpha value is -0.610. The molecule has 3 aliphatic rings. The van der Waals surface area contributed by atoms with Gasteiger partial charge in [-0.2, -0.15) is 0 Å². The number of aliphatic imine (C=N–C) groups is 1. The lowest BCUT2D eigenvalue weighted by atomic mass is 9.86. The molecule has 2 fully saturated rings. The fraction of sp³-hybridized carbons (Fsp3) is 0.929. The second-order valence-electron chi connectivity index (χ2n) is 5.83. The van der Waals surface area contributed by atoms with E-state index in [1.165, 1.54) is 37.9 Å². The summed E-state index contributed by atoms with van der Waals surface area (Å²) in [7, 11) is 0. The number of nitrogens with zero attached hydrogens (tertiary/aromatic N) is 1. The maximum atomic E-state index is 5.51. The molecule has 1 saturated heterocycles. The van der Waals surface area contributed by atoms with Gasteiger partial charge in [-0.3, -0.25) is 4.99 Å². The number of nitrogens with one attached hydrogen (secondary N) is 2. The molecule has 2 heterocycles. The van der Waals surface area contributed by atoms with E-state index in [4.69, 9.17) is 9.73 Å². The molecule has 1 spiro atoms. The molecule has 1 saturated carbocycles. The van der Waals surface area contributed by atoms with Crippen LogP contribution in [0.15, 0.2) is 4.99 Å². The summed E-state index contributed by atoms with van der Waals surface area (Å²) in [6.45, 7) is 3.64. The van der Waals surface area contributed by atoms with Crippen LogP contribution in [0.3, 0.4) is 0 Å². The summed E-state index contributed by atoms with van der Waals surface area (Å²) in [6, 6.07) is 0.650. The highest BCUT2D eigenvalue weighted by Crippen LogP contribution is 2.25. The lowest BCUT2D eigenvalue weighted by Crippen LogP contribution is -2.63. The van der Waals surface area contributed by atoms with Gasteiger partial charge in [-0.05, 0) is 25.7 Å². The number of hydrogen-bond donors (Lipinski definition) is 2. The van der Waals surface area contributed by atoms with Crippen molar-refractivity contribution in [3.8, 4) is 0 Å². The Kier molecular flexibility index (Phi) is 3.85. The molecule has 0 aromatic rings. The van der Waals surface area contributed by atoms with Crippen LogP contribution in [0.1, 0.15) is 44.9 Å². The molecule has 0 aromatic heterocycles. The average molecular weight is 251 g/mol. The molecule has 0 radical (unpaired) electrons. The zero-order chi connectivity index (χ0) is 12.3. The van der Waals surface area contributed by atoms with Crippen LogP contribution in [0.4, 0.5) is 0 Å². The Bertz CT molecular complexity index is 304. The maximum Gasteiger partial charge on any atom is 0.117 e. The Labute approximate surface area is 110 Å². The van der Waals surface area contributed by atoms with E-state index in [0.717, 1.165) is 39.1 Å². The van der Waals surface area contributed by atoms with Gasteiger partial charge in [0.2, 0.25) is 0 Å². The third kappa shape index (κ3) is 2.54. The van der Waals surface area contributed by atoms with Gasteiger partial charge in [0.05, 0.1) is 12.1 Å². The highest BCUT2D eigenvalue weighted by atomic mass is 16.5. The predicted molar refractivity (Wildman–Crippen MR) is 73.1 cm³/mol. The first-order chi connectivity index (χ1) is 8.89. The molecule has 0 unspecified atom stereocenters. The van der Waals surface area contributed by atoms with Crippen molar-refractivity contribution < 1.29 is 4.74 Å². The largest absolute Gasteiger partial charge is 0.381 e. The van der Waals surface area contributed by atoms with Crippen LogP contribution in [-0.4, -0.2) is 43.7 Å². The molecule has 18 heavy (non-hydrogen) atoms. The van der Waals surface area contributed by atoms with Crippen LogP contribution >= 0.6 is 0 Å². The molecule has 0 aromatic carbocycles. The summed E-state index contributed by atoms with van der Waals surface area (Å²) in [5.41, 5.74) is 0.0912. The third-order valence-corrected chi connectivity index (χ3v) is 4.59. The SMILES string of the molecule is C1CCC(NC2=NCCNC23CCOCC3)CC1. The third-order valence-electron chi connectivity index (χ3n) is 4.59. The first-order valence-corrected chi connectivity index (χ1v) is 7.53. The van der Waals surface area contributed by atoms with Gasteiger partial charge in [-0.1, -0.05) is 19.3 Å². The van der Waals surface area contributed by atoms with E-state index in [0.29, 0.717) is 6.04 Å². The summed E-state index contributed by atoms with van der Waals surface area (Å²) < 4.78 is 5.51. The van der Waals surface area contributed by atoms with Crippen molar-refractivity contribution in [1.82, 2.24) is 10.6 Å². The van der Waals surface area contributed by atoms with Gasteiger partial charge in [0, 0.05) is 25.8 Å². The monoisotopic (exact) mass is 251 g/mol. The van der Waals surface area contributed by atoms with Crippen LogP contribution < -0.4 is 10.6 Å². The predicted octanol–water partition coefficient (Wildman–Crippen LogP) is 1.46. The van der Waals surface area contributed by atoms with Crippen molar-refractivity contribution in [2.75, 3.05) is 26.3 Å². The van der Waals surface area contributed by atoms with E-state index in [1.54, 1.807) is 0 Å². The van der Waals surface area contributed by atoms with Crippen LogP contribution in [0, 0.1) is 0 Å². The van der Waals surface area contributed by atoms with E-state index >= 15 is 0 Å². The minimum Gasteiger partial charge on any atom is -0.381 e. The summed E-state index contributed by atoms with van der Waals surface area (Å²) >= 11 is 0. The highest BCUT2D eigenvalue weighted by Gasteiger charge is 2.39. The van der Waals surface area contributed by atoms with E-state index in [-0.39, 0.29) is 5.54 Å². The van der Waals surface area contributed by atoms with Crippen LogP contribution in [-0.2, 0) is 4.74 Å². The zero-order valence-corrected chi connectivity index (χ0v) is 11.2. The zero-order valence-electron chi connectivity index (χ0n) is 11.2. The lowest BCUT2D eigenvalue weighted by molar-refractivity contribution is 0.0591. The quantitative estimate of drug-likeness (QED) is 0.741. The molecular weight excluding hydrogens is 226 g/mol. The highest BCUT2D eigenvalue weighted by molar-refractivity contribution is 5.92. The number of amidine groups is 1. The van der Waals surface area contributed by atoms with Gasteiger partial charge in [-0.15, -0.1) is 0 Å². The molecule has 4 nitrogen and oxygen atoms in total. The molecule has 1 aliphatic carbocycles. The van der Waals surface area contributed by atoms with Crippen molar-refractivity contribution in [2.45, 2.75) is 56.5 Å². The minimum atomic E-state index is 0.0912. The Balaban J connectivity index is 1.68. The summed E-state index contributed by atoms with van der Waals surface area (Å²) in [4.78, 5) is 4.79. The van der Waals surface area contributed by atoms with Crippen molar-refractivity contribution >= 4 is 5.84 Å². The van der Waals surface area contributed by atoms with Crippen molar-refractivity contribution in [2.24, 2.45) is 4.99 Å². The smallest absolute Gasteiger partial charge is 0.117 e. The standard InChI is InChI=1S/C14H25N3O/c1-2-4-12(5-3-1)17-13-14(16-9-8-15-13)6-10-18-11-7-14/h12,16H,1-11H2,(H,15,17). The van der Waals surface area contributed by atoms with Crippen molar-refractivity contribution in [3.05, 3.63) is 0 Å². The first-order valence-electron chi connectivity index (χ1n) is 7.53. The van der Waals surface area contributed by atoms with Gasteiger partial charge in [0.15, 0.2) is 0 Å². The van der Waals surface area contributed by atoms with Gasteiger partial charge in [0.25, 0.3) is 0 Å². The van der Waals surface area contributed by atoms with Crippen LogP contribution in [0.25, 0.3) is 0 Å². The molecule has 0 bridgehead atoms. The second kappa shape index (κ2) is 5.57. The first kappa shape index (κ1) is 12.4. The lowest BCUT2D eigenvalue weighted by Gasteiger charge is -2.43. The van der Waals surface area contributed by atoms with Gasteiger partial charge in [-0.25, -0.2) is 0 Å². The molecule has 102 valence electrons. The molecule has 3 rings (SSSR count). The fourth-order valence-electron chi connectivity index (χ4n) is 3.46. The average Bonchev–Trinajstić information content (AvgIpc) is 2.44. The molecular formula is C14H25N3O.